The number of rotatable bonds is 9. The lowest BCUT2D eigenvalue weighted by atomic mass is 9.69. The number of aromatic nitrogens is 3. The third-order valence-electron chi connectivity index (χ3n) is 6.19. The SMILES string of the molecule is CC1=C[C@@H](CNC(=O)CCCC(=O)O)[C@H](C(C)C)C[C@H]1Cc1nc2ccncc2[nH]1. The summed E-state index contributed by atoms with van der Waals surface area (Å²) in [5, 5.41) is 11.7. The first-order chi connectivity index (χ1) is 14.3. The van der Waals surface area contributed by atoms with Crippen molar-refractivity contribution < 1.29 is 14.7 Å². The van der Waals surface area contributed by atoms with E-state index >= 15 is 0 Å². The molecule has 3 N–H and O–H groups in total. The first-order valence-corrected chi connectivity index (χ1v) is 10.8. The maximum Gasteiger partial charge on any atom is 0.303 e. The molecular formula is C23H32N4O3. The number of carbonyl (C=O) groups is 2. The Morgan fingerprint density at radius 1 is 1.33 bits per heavy atom. The number of amides is 1. The zero-order chi connectivity index (χ0) is 21.7. The molecule has 30 heavy (non-hydrogen) atoms. The molecule has 0 unspecified atom stereocenters. The highest BCUT2D eigenvalue weighted by Gasteiger charge is 2.32. The van der Waals surface area contributed by atoms with Crippen molar-refractivity contribution in [3.63, 3.8) is 0 Å². The van der Waals surface area contributed by atoms with E-state index in [-0.39, 0.29) is 18.7 Å². The van der Waals surface area contributed by atoms with Crippen LogP contribution in [0.3, 0.4) is 0 Å². The van der Waals surface area contributed by atoms with Crippen molar-refractivity contribution in [3.8, 4) is 0 Å². The molecule has 0 radical (unpaired) electrons. The minimum Gasteiger partial charge on any atom is -0.481 e. The number of carbonyl (C=O) groups excluding carboxylic acids is 1. The first kappa shape index (κ1) is 22.0. The largest absolute Gasteiger partial charge is 0.481 e. The Morgan fingerprint density at radius 2 is 2.13 bits per heavy atom. The number of carboxylic acid groups (broad SMARTS) is 1. The van der Waals surface area contributed by atoms with Gasteiger partial charge in [-0.05, 0) is 49.5 Å². The van der Waals surface area contributed by atoms with Crippen LogP contribution in [0, 0.1) is 23.7 Å². The number of hydrogen-bond donors (Lipinski definition) is 3. The zero-order valence-electron chi connectivity index (χ0n) is 18.0. The van der Waals surface area contributed by atoms with Gasteiger partial charge < -0.3 is 15.4 Å². The van der Waals surface area contributed by atoms with Crippen LogP contribution >= 0.6 is 0 Å². The summed E-state index contributed by atoms with van der Waals surface area (Å²) < 4.78 is 0. The summed E-state index contributed by atoms with van der Waals surface area (Å²) in [6.45, 7) is 7.26. The van der Waals surface area contributed by atoms with Gasteiger partial charge in [-0.25, -0.2) is 4.98 Å². The fourth-order valence-electron chi connectivity index (χ4n) is 4.47. The van der Waals surface area contributed by atoms with Gasteiger partial charge in [0.05, 0.1) is 17.2 Å². The predicted octanol–water partition coefficient (Wildman–Crippen LogP) is 3.73. The van der Waals surface area contributed by atoms with Crippen LogP contribution in [-0.4, -0.2) is 38.5 Å². The van der Waals surface area contributed by atoms with Crippen LogP contribution in [0.4, 0.5) is 0 Å². The van der Waals surface area contributed by atoms with Crippen LogP contribution in [0.2, 0.25) is 0 Å². The molecule has 2 heterocycles. The molecule has 2 aromatic rings. The molecule has 1 aliphatic carbocycles. The van der Waals surface area contributed by atoms with Crippen molar-refractivity contribution in [2.45, 2.75) is 52.9 Å². The van der Waals surface area contributed by atoms with Crippen LogP contribution < -0.4 is 5.32 Å². The Kier molecular flexibility index (Phi) is 7.24. The normalized spacial score (nSPS) is 21.6. The molecule has 1 aliphatic rings. The summed E-state index contributed by atoms with van der Waals surface area (Å²) in [7, 11) is 0. The molecule has 0 aliphatic heterocycles. The van der Waals surface area contributed by atoms with Crippen LogP contribution in [-0.2, 0) is 16.0 Å². The highest BCUT2D eigenvalue weighted by Crippen LogP contribution is 2.38. The number of aliphatic carboxylic acids is 1. The summed E-state index contributed by atoms with van der Waals surface area (Å²) in [4.78, 5) is 34.9. The Balaban J connectivity index is 1.62. The molecule has 0 saturated heterocycles. The fourth-order valence-corrected chi connectivity index (χ4v) is 4.47. The van der Waals surface area contributed by atoms with Gasteiger partial charge in [0, 0.05) is 32.0 Å². The van der Waals surface area contributed by atoms with Crippen LogP contribution in [0.15, 0.2) is 30.1 Å². The van der Waals surface area contributed by atoms with Crippen LogP contribution in [0.5, 0.6) is 0 Å². The van der Waals surface area contributed by atoms with Crippen molar-refractivity contribution >= 4 is 22.9 Å². The van der Waals surface area contributed by atoms with Gasteiger partial charge in [0.15, 0.2) is 0 Å². The Hall–Kier alpha value is -2.70. The number of H-pyrrole nitrogens is 1. The zero-order valence-corrected chi connectivity index (χ0v) is 18.0. The monoisotopic (exact) mass is 412 g/mol. The van der Waals surface area contributed by atoms with Gasteiger partial charge in [-0.2, -0.15) is 0 Å². The lowest BCUT2D eigenvalue weighted by Crippen LogP contribution is -2.37. The van der Waals surface area contributed by atoms with E-state index in [4.69, 9.17) is 10.1 Å². The summed E-state index contributed by atoms with van der Waals surface area (Å²) >= 11 is 0. The fraction of sp³-hybridized carbons (Fsp3) is 0.565. The number of pyridine rings is 1. The number of imidazole rings is 1. The Bertz CT molecular complexity index is 885. The van der Waals surface area contributed by atoms with Gasteiger partial charge >= 0.3 is 5.97 Å². The van der Waals surface area contributed by atoms with E-state index in [0.29, 0.717) is 36.6 Å². The molecule has 0 fully saturated rings. The molecule has 0 spiro atoms. The molecule has 0 aromatic carbocycles. The number of nitrogens with zero attached hydrogens (tertiary/aromatic N) is 2. The molecule has 7 nitrogen and oxygen atoms in total. The quantitative estimate of drug-likeness (QED) is 0.544. The van der Waals surface area contributed by atoms with E-state index < -0.39 is 5.97 Å². The Morgan fingerprint density at radius 3 is 2.83 bits per heavy atom. The number of allylic oxidation sites excluding steroid dienone is 1. The minimum atomic E-state index is -0.861. The summed E-state index contributed by atoms with van der Waals surface area (Å²) in [5.41, 5.74) is 3.26. The molecular weight excluding hydrogens is 380 g/mol. The summed E-state index contributed by atoms with van der Waals surface area (Å²) in [6, 6.07) is 1.92. The van der Waals surface area contributed by atoms with Crippen molar-refractivity contribution in [1.82, 2.24) is 20.3 Å². The van der Waals surface area contributed by atoms with E-state index in [1.165, 1.54) is 5.57 Å². The molecule has 1 amide bonds. The van der Waals surface area contributed by atoms with Gasteiger partial charge in [0.1, 0.15) is 5.82 Å². The smallest absolute Gasteiger partial charge is 0.303 e. The standard InChI is InChI=1S/C23H32N4O3/c1-14(2)18-10-16(11-21-26-19-7-8-24-13-20(19)27-21)15(3)9-17(18)12-25-22(28)5-4-6-23(29)30/h7-9,13-14,16-18H,4-6,10-12H2,1-3H3,(H,25,28)(H,26,27)(H,29,30)/t16-,17-,18-/m0/s1. The second kappa shape index (κ2) is 9.87. The number of fused-ring (bicyclic) bond motifs is 1. The second-order valence-electron chi connectivity index (χ2n) is 8.75. The summed E-state index contributed by atoms with van der Waals surface area (Å²) in [6.07, 6.45) is 8.49. The average Bonchev–Trinajstić information content (AvgIpc) is 3.10. The van der Waals surface area contributed by atoms with Crippen LogP contribution in [0.25, 0.3) is 11.0 Å². The van der Waals surface area contributed by atoms with Crippen molar-refractivity contribution in [2.24, 2.45) is 23.7 Å². The van der Waals surface area contributed by atoms with Crippen molar-refractivity contribution in [3.05, 3.63) is 35.9 Å². The van der Waals surface area contributed by atoms with E-state index in [0.717, 1.165) is 29.7 Å². The van der Waals surface area contributed by atoms with Gasteiger partial charge in [-0.3, -0.25) is 14.6 Å². The number of carboxylic acids is 1. The van der Waals surface area contributed by atoms with E-state index in [1.54, 1.807) is 6.20 Å². The predicted molar refractivity (Wildman–Crippen MR) is 116 cm³/mol. The van der Waals surface area contributed by atoms with Gasteiger partial charge in [-0.15, -0.1) is 0 Å². The second-order valence-corrected chi connectivity index (χ2v) is 8.75. The van der Waals surface area contributed by atoms with Gasteiger partial charge in [0.2, 0.25) is 5.91 Å². The third-order valence-corrected chi connectivity index (χ3v) is 6.19. The summed E-state index contributed by atoms with van der Waals surface area (Å²) in [5.74, 6) is 1.76. The van der Waals surface area contributed by atoms with E-state index in [9.17, 15) is 9.59 Å². The molecule has 0 bridgehead atoms. The highest BCUT2D eigenvalue weighted by atomic mass is 16.4. The number of aromatic amines is 1. The molecule has 0 saturated carbocycles. The molecule has 3 rings (SSSR count). The Labute approximate surface area is 177 Å². The number of hydrogen-bond acceptors (Lipinski definition) is 4. The average molecular weight is 413 g/mol. The third kappa shape index (κ3) is 5.68. The minimum absolute atomic E-state index is 0.0318. The first-order valence-electron chi connectivity index (χ1n) is 10.8. The molecule has 162 valence electrons. The van der Waals surface area contributed by atoms with E-state index in [2.05, 4.69) is 42.1 Å². The maximum absolute atomic E-state index is 12.1. The topological polar surface area (TPSA) is 108 Å². The van der Waals surface area contributed by atoms with Gasteiger partial charge in [-0.1, -0.05) is 25.5 Å². The number of nitrogens with one attached hydrogen (secondary N) is 2. The van der Waals surface area contributed by atoms with Gasteiger partial charge in [0.25, 0.3) is 0 Å². The van der Waals surface area contributed by atoms with Crippen molar-refractivity contribution in [2.75, 3.05) is 6.54 Å². The molecule has 7 heteroatoms. The lowest BCUT2D eigenvalue weighted by molar-refractivity contribution is -0.137. The van der Waals surface area contributed by atoms with Crippen LogP contribution in [0.1, 0.15) is 52.3 Å². The molecule has 3 atom stereocenters. The highest BCUT2D eigenvalue weighted by molar-refractivity contribution is 5.76. The van der Waals surface area contributed by atoms with Crippen molar-refractivity contribution in [1.29, 1.82) is 0 Å². The lowest BCUT2D eigenvalue weighted by Gasteiger charge is -2.37. The van der Waals surface area contributed by atoms with E-state index in [1.807, 2.05) is 12.3 Å². The maximum atomic E-state index is 12.1. The molecule has 2 aromatic heterocycles.